The standard InChI is InChI=1S/C23H34N2O.H2/c1-17(2)10-14-25-15-12-23(13-16-25)11-9-21(24-22(26)18-7-8-18)19-5-3-4-6-20(19)23;/h3-6,17-18,21H,7-16H2,1-2H3,(H,24,26);1H/t21-;/m0./s1. The number of likely N-dealkylation sites (tertiary alicyclic amines) is 1. The molecule has 3 aliphatic rings. The highest BCUT2D eigenvalue weighted by Crippen LogP contribution is 2.48. The lowest BCUT2D eigenvalue weighted by atomic mass is 9.63. The first-order valence-corrected chi connectivity index (χ1v) is 10.7. The quantitative estimate of drug-likeness (QED) is 0.831. The van der Waals surface area contributed by atoms with Gasteiger partial charge in [0.2, 0.25) is 5.91 Å². The van der Waals surface area contributed by atoms with Crippen molar-refractivity contribution in [2.24, 2.45) is 11.8 Å². The number of hydrogen-bond acceptors (Lipinski definition) is 2. The Labute approximate surface area is 160 Å². The van der Waals surface area contributed by atoms with Crippen molar-refractivity contribution in [3.8, 4) is 0 Å². The summed E-state index contributed by atoms with van der Waals surface area (Å²) >= 11 is 0. The van der Waals surface area contributed by atoms with E-state index in [2.05, 4.69) is 48.3 Å². The van der Waals surface area contributed by atoms with E-state index >= 15 is 0 Å². The highest BCUT2D eigenvalue weighted by atomic mass is 16.2. The molecule has 1 amide bonds. The number of nitrogens with zero attached hydrogens (tertiary/aromatic N) is 1. The van der Waals surface area contributed by atoms with Crippen LogP contribution in [0.2, 0.25) is 0 Å². The van der Waals surface area contributed by atoms with Gasteiger partial charge in [0.1, 0.15) is 0 Å². The molecule has 1 aliphatic heterocycles. The fraction of sp³-hybridized carbons (Fsp3) is 0.696. The molecule has 2 aliphatic carbocycles. The summed E-state index contributed by atoms with van der Waals surface area (Å²) in [5, 5.41) is 3.35. The van der Waals surface area contributed by atoms with Gasteiger partial charge in [0.25, 0.3) is 0 Å². The number of carbonyl (C=O) groups is 1. The van der Waals surface area contributed by atoms with Crippen molar-refractivity contribution >= 4 is 5.91 Å². The molecular formula is C23H36N2O. The lowest BCUT2D eigenvalue weighted by molar-refractivity contribution is -0.123. The molecule has 1 aromatic carbocycles. The Hall–Kier alpha value is -1.35. The van der Waals surface area contributed by atoms with E-state index in [1.54, 1.807) is 0 Å². The molecule has 26 heavy (non-hydrogen) atoms. The minimum Gasteiger partial charge on any atom is -0.349 e. The predicted molar refractivity (Wildman–Crippen MR) is 108 cm³/mol. The van der Waals surface area contributed by atoms with Crippen molar-refractivity contribution in [3.05, 3.63) is 35.4 Å². The van der Waals surface area contributed by atoms with Crippen LogP contribution in [0.1, 0.15) is 77.4 Å². The van der Waals surface area contributed by atoms with Crippen LogP contribution in [0.15, 0.2) is 24.3 Å². The molecule has 1 saturated heterocycles. The summed E-state index contributed by atoms with van der Waals surface area (Å²) in [4.78, 5) is 15.0. The SMILES string of the molecule is CC(C)CCN1CCC2(CC[C@H](NC(=O)C3CC3)c3ccccc32)CC1.[HH]. The van der Waals surface area contributed by atoms with E-state index in [0.29, 0.717) is 11.3 Å². The van der Waals surface area contributed by atoms with Crippen molar-refractivity contribution in [2.75, 3.05) is 19.6 Å². The summed E-state index contributed by atoms with van der Waals surface area (Å²) in [6.07, 6.45) is 8.32. The summed E-state index contributed by atoms with van der Waals surface area (Å²) in [5.74, 6) is 1.36. The summed E-state index contributed by atoms with van der Waals surface area (Å²) in [6, 6.07) is 9.17. The number of fused-ring (bicyclic) bond motifs is 2. The van der Waals surface area contributed by atoms with E-state index in [-0.39, 0.29) is 13.4 Å². The van der Waals surface area contributed by atoms with E-state index in [4.69, 9.17) is 0 Å². The third kappa shape index (κ3) is 3.69. The topological polar surface area (TPSA) is 32.3 Å². The maximum absolute atomic E-state index is 12.3. The summed E-state index contributed by atoms with van der Waals surface area (Å²) in [5.41, 5.74) is 3.25. The molecule has 3 nitrogen and oxygen atoms in total. The normalized spacial score (nSPS) is 25.3. The van der Waals surface area contributed by atoms with Gasteiger partial charge in [-0.05, 0) is 87.0 Å². The van der Waals surface area contributed by atoms with Crippen LogP contribution in [-0.2, 0) is 10.2 Å². The first-order valence-electron chi connectivity index (χ1n) is 10.7. The molecule has 4 rings (SSSR count). The Morgan fingerprint density at radius 3 is 2.62 bits per heavy atom. The predicted octanol–water partition coefficient (Wildman–Crippen LogP) is 4.67. The van der Waals surface area contributed by atoms with Crippen molar-refractivity contribution in [3.63, 3.8) is 0 Å². The van der Waals surface area contributed by atoms with E-state index in [1.807, 2.05) is 0 Å². The van der Waals surface area contributed by atoms with Gasteiger partial charge in [-0.2, -0.15) is 0 Å². The Morgan fingerprint density at radius 1 is 1.19 bits per heavy atom. The minimum atomic E-state index is 0. The average molecular weight is 357 g/mol. The number of piperidine rings is 1. The molecule has 2 fully saturated rings. The van der Waals surface area contributed by atoms with Crippen LogP contribution in [0, 0.1) is 11.8 Å². The molecule has 3 heteroatoms. The maximum atomic E-state index is 12.3. The molecule has 1 heterocycles. The largest absolute Gasteiger partial charge is 0.349 e. The second-order valence-corrected chi connectivity index (χ2v) is 9.27. The molecule has 1 saturated carbocycles. The van der Waals surface area contributed by atoms with Crippen LogP contribution >= 0.6 is 0 Å². The number of carbonyl (C=O) groups excluding carboxylic acids is 1. The third-order valence-electron chi connectivity index (χ3n) is 6.92. The van der Waals surface area contributed by atoms with Crippen LogP contribution in [0.4, 0.5) is 0 Å². The van der Waals surface area contributed by atoms with Gasteiger partial charge >= 0.3 is 0 Å². The van der Waals surface area contributed by atoms with Crippen LogP contribution in [0.25, 0.3) is 0 Å². The van der Waals surface area contributed by atoms with Gasteiger partial charge in [-0.15, -0.1) is 0 Å². The molecule has 1 N–H and O–H groups in total. The number of amides is 1. The first kappa shape index (κ1) is 18.0. The summed E-state index contributed by atoms with van der Waals surface area (Å²) in [6.45, 7) is 8.33. The molecular weight excluding hydrogens is 320 g/mol. The third-order valence-corrected chi connectivity index (χ3v) is 6.92. The number of rotatable bonds is 5. The van der Waals surface area contributed by atoms with E-state index < -0.39 is 0 Å². The van der Waals surface area contributed by atoms with Gasteiger partial charge in [-0.3, -0.25) is 4.79 Å². The van der Waals surface area contributed by atoms with E-state index in [1.165, 1.54) is 56.4 Å². The first-order chi connectivity index (χ1) is 12.6. The lowest BCUT2D eigenvalue weighted by Gasteiger charge is -2.47. The maximum Gasteiger partial charge on any atom is 0.223 e. The zero-order valence-corrected chi connectivity index (χ0v) is 16.5. The van der Waals surface area contributed by atoms with Gasteiger partial charge < -0.3 is 10.2 Å². The molecule has 0 aromatic heterocycles. The molecule has 0 radical (unpaired) electrons. The molecule has 1 spiro atoms. The number of benzene rings is 1. The zero-order valence-electron chi connectivity index (χ0n) is 16.5. The highest BCUT2D eigenvalue weighted by Gasteiger charge is 2.42. The van der Waals surface area contributed by atoms with Gasteiger partial charge in [0, 0.05) is 7.34 Å². The van der Waals surface area contributed by atoms with Gasteiger partial charge in [-0.25, -0.2) is 0 Å². The summed E-state index contributed by atoms with van der Waals surface area (Å²) < 4.78 is 0. The van der Waals surface area contributed by atoms with Crippen LogP contribution in [0.5, 0.6) is 0 Å². The van der Waals surface area contributed by atoms with E-state index in [9.17, 15) is 4.79 Å². The molecule has 144 valence electrons. The van der Waals surface area contributed by atoms with Crippen molar-refractivity contribution in [1.82, 2.24) is 10.2 Å². The van der Waals surface area contributed by atoms with Crippen molar-refractivity contribution < 1.29 is 6.22 Å². The number of nitrogens with one attached hydrogen (secondary N) is 1. The monoisotopic (exact) mass is 356 g/mol. The van der Waals surface area contributed by atoms with Crippen molar-refractivity contribution in [1.29, 1.82) is 0 Å². The van der Waals surface area contributed by atoms with Crippen molar-refractivity contribution in [2.45, 2.75) is 70.3 Å². The Morgan fingerprint density at radius 2 is 1.92 bits per heavy atom. The Bertz CT molecular complexity index is 648. The highest BCUT2D eigenvalue weighted by molar-refractivity contribution is 5.81. The Kier molecular flexibility index (Phi) is 5.09. The van der Waals surface area contributed by atoms with Gasteiger partial charge in [0.05, 0.1) is 6.04 Å². The minimum absolute atomic E-state index is 0. The van der Waals surface area contributed by atoms with Gasteiger partial charge in [0.15, 0.2) is 0 Å². The van der Waals surface area contributed by atoms with E-state index in [0.717, 1.165) is 25.2 Å². The fourth-order valence-corrected chi connectivity index (χ4v) is 4.94. The van der Waals surface area contributed by atoms with Crippen LogP contribution < -0.4 is 5.32 Å². The molecule has 0 unspecified atom stereocenters. The second kappa shape index (κ2) is 7.34. The zero-order chi connectivity index (χ0) is 18.1. The molecule has 0 bridgehead atoms. The van der Waals surface area contributed by atoms with Gasteiger partial charge in [-0.1, -0.05) is 38.1 Å². The average Bonchev–Trinajstić information content (AvgIpc) is 3.49. The van der Waals surface area contributed by atoms with Crippen LogP contribution in [-0.4, -0.2) is 30.4 Å². The smallest absolute Gasteiger partial charge is 0.223 e. The number of hydrogen-bond donors (Lipinski definition) is 1. The fourth-order valence-electron chi connectivity index (χ4n) is 4.94. The lowest BCUT2D eigenvalue weighted by Crippen LogP contribution is -2.46. The Balaban J connectivity index is 0.00000210. The second-order valence-electron chi connectivity index (χ2n) is 9.27. The molecule has 1 aromatic rings. The molecule has 1 atom stereocenters. The van der Waals surface area contributed by atoms with Crippen LogP contribution in [0.3, 0.4) is 0 Å². The summed E-state index contributed by atoms with van der Waals surface area (Å²) in [7, 11) is 0.